The van der Waals surface area contributed by atoms with E-state index in [-0.39, 0.29) is 11.7 Å². The summed E-state index contributed by atoms with van der Waals surface area (Å²) in [7, 11) is 0. The normalized spacial score (nSPS) is 10.6. The van der Waals surface area contributed by atoms with Gasteiger partial charge in [-0.05, 0) is 36.3 Å². The fraction of sp³-hybridized carbons (Fsp3) is 0.111. The van der Waals surface area contributed by atoms with Crippen LogP contribution in [-0.4, -0.2) is 11.7 Å². The highest BCUT2D eigenvalue weighted by Crippen LogP contribution is 2.13. The zero-order valence-electron chi connectivity index (χ0n) is 12.1. The molecule has 1 N–H and O–H groups in total. The molecule has 0 aliphatic heterocycles. The van der Waals surface area contributed by atoms with E-state index in [1.54, 1.807) is 30.3 Å². The van der Waals surface area contributed by atoms with Gasteiger partial charge in [0.1, 0.15) is 0 Å². The van der Waals surface area contributed by atoms with Crippen molar-refractivity contribution < 1.29 is 9.59 Å². The van der Waals surface area contributed by atoms with Gasteiger partial charge in [-0.2, -0.15) is 0 Å². The molecule has 0 bridgehead atoms. The van der Waals surface area contributed by atoms with Gasteiger partial charge in [0.05, 0.1) is 0 Å². The fourth-order valence-electron chi connectivity index (χ4n) is 1.99. The van der Waals surface area contributed by atoms with E-state index in [0.717, 1.165) is 11.1 Å². The molecule has 0 saturated carbocycles. The van der Waals surface area contributed by atoms with Crippen LogP contribution in [0.4, 0.5) is 5.69 Å². The first-order chi connectivity index (χ1) is 10.1. The number of ketones is 1. The number of amides is 1. The third kappa shape index (κ3) is 4.14. The first-order valence-electron chi connectivity index (χ1n) is 6.72. The Hall–Kier alpha value is -2.68. The van der Waals surface area contributed by atoms with Gasteiger partial charge in [-0.1, -0.05) is 42.5 Å². The lowest BCUT2D eigenvalue weighted by molar-refractivity contribution is -0.114. The molecule has 0 radical (unpaired) electrons. The van der Waals surface area contributed by atoms with Crippen LogP contribution < -0.4 is 5.32 Å². The van der Waals surface area contributed by atoms with Crippen molar-refractivity contribution in [3.63, 3.8) is 0 Å². The summed E-state index contributed by atoms with van der Waals surface area (Å²) in [4.78, 5) is 23.2. The first kappa shape index (κ1) is 14.7. The number of hydrogen-bond acceptors (Lipinski definition) is 2. The average Bonchev–Trinajstić information content (AvgIpc) is 2.45. The van der Waals surface area contributed by atoms with E-state index in [9.17, 15) is 9.59 Å². The maximum atomic E-state index is 12.2. The summed E-state index contributed by atoms with van der Waals surface area (Å²) in [6.07, 6.45) is 3.36. The molecular formula is C18H17NO2. The van der Waals surface area contributed by atoms with Crippen molar-refractivity contribution in [2.24, 2.45) is 0 Å². The summed E-state index contributed by atoms with van der Waals surface area (Å²) in [5.74, 6) is -0.250. The smallest absolute Gasteiger partial charge is 0.221 e. The number of aryl methyl sites for hydroxylation is 1. The topological polar surface area (TPSA) is 46.2 Å². The van der Waals surface area contributed by atoms with E-state index < -0.39 is 0 Å². The molecule has 3 heteroatoms. The number of carbonyl (C=O) groups is 2. The molecule has 3 nitrogen and oxygen atoms in total. The van der Waals surface area contributed by atoms with Crippen molar-refractivity contribution >= 4 is 23.5 Å². The summed E-state index contributed by atoms with van der Waals surface area (Å²) >= 11 is 0. The molecule has 106 valence electrons. The van der Waals surface area contributed by atoms with Gasteiger partial charge < -0.3 is 5.32 Å². The Morgan fingerprint density at radius 2 is 1.81 bits per heavy atom. The van der Waals surface area contributed by atoms with Gasteiger partial charge in [-0.3, -0.25) is 9.59 Å². The molecule has 0 aromatic heterocycles. The summed E-state index contributed by atoms with van der Waals surface area (Å²) in [6.45, 7) is 3.44. The maximum Gasteiger partial charge on any atom is 0.221 e. The molecule has 0 aliphatic carbocycles. The Balaban J connectivity index is 2.17. The van der Waals surface area contributed by atoms with Crippen molar-refractivity contribution in [2.45, 2.75) is 13.8 Å². The highest BCUT2D eigenvalue weighted by molar-refractivity contribution is 6.07. The molecular weight excluding hydrogens is 262 g/mol. The minimum Gasteiger partial charge on any atom is -0.326 e. The summed E-state index contributed by atoms with van der Waals surface area (Å²) in [5, 5.41) is 2.67. The molecule has 0 saturated heterocycles. The van der Waals surface area contributed by atoms with Crippen LogP contribution in [0.25, 0.3) is 6.08 Å². The van der Waals surface area contributed by atoms with Crippen LogP contribution in [0.1, 0.15) is 28.4 Å². The quantitative estimate of drug-likeness (QED) is 0.682. The Bertz CT molecular complexity index is 702. The average molecular weight is 279 g/mol. The minimum absolute atomic E-state index is 0.0922. The number of hydrogen-bond donors (Lipinski definition) is 1. The highest BCUT2D eigenvalue weighted by atomic mass is 16.1. The third-order valence-electron chi connectivity index (χ3n) is 3.07. The van der Waals surface area contributed by atoms with Crippen molar-refractivity contribution in [2.75, 3.05) is 5.32 Å². The van der Waals surface area contributed by atoms with E-state index in [1.165, 1.54) is 6.92 Å². The van der Waals surface area contributed by atoms with Crippen LogP contribution in [-0.2, 0) is 4.79 Å². The van der Waals surface area contributed by atoms with Crippen LogP contribution in [0, 0.1) is 6.92 Å². The van der Waals surface area contributed by atoms with Crippen molar-refractivity contribution in [3.05, 3.63) is 71.3 Å². The van der Waals surface area contributed by atoms with Crippen LogP contribution >= 0.6 is 0 Å². The van der Waals surface area contributed by atoms with E-state index in [0.29, 0.717) is 11.3 Å². The van der Waals surface area contributed by atoms with Crippen LogP contribution in [0.3, 0.4) is 0 Å². The van der Waals surface area contributed by atoms with E-state index >= 15 is 0 Å². The molecule has 2 aromatic rings. The highest BCUT2D eigenvalue weighted by Gasteiger charge is 2.04. The van der Waals surface area contributed by atoms with Crippen LogP contribution in [0.15, 0.2) is 54.6 Å². The van der Waals surface area contributed by atoms with Crippen LogP contribution in [0.5, 0.6) is 0 Å². The molecule has 0 fully saturated rings. The lowest BCUT2D eigenvalue weighted by Gasteiger charge is -2.03. The number of nitrogens with one attached hydrogen (secondary N) is 1. The molecule has 1 amide bonds. The Morgan fingerprint density at radius 1 is 1.05 bits per heavy atom. The molecule has 2 rings (SSSR count). The van der Waals surface area contributed by atoms with Gasteiger partial charge in [0.2, 0.25) is 5.91 Å². The second-order valence-electron chi connectivity index (χ2n) is 4.82. The zero-order valence-corrected chi connectivity index (χ0v) is 12.1. The molecule has 0 aliphatic rings. The predicted octanol–water partition coefficient (Wildman–Crippen LogP) is 3.85. The Labute approximate surface area is 124 Å². The Morgan fingerprint density at radius 3 is 2.52 bits per heavy atom. The fourth-order valence-corrected chi connectivity index (χ4v) is 1.99. The van der Waals surface area contributed by atoms with Gasteiger partial charge in [0.15, 0.2) is 5.78 Å². The molecule has 0 atom stereocenters. The number of anilines is 1. The molecule has 0 heterocycles. The number of allylic oxidation sites excluding steroid dienone is 1. The Kier molecular flexibility index (Phi) is 4.67. The number of benzene rings is 2. The van der Waals surface area contributed by atoms with Gasteiger partial charge in [-0.25, -0.2) is 0 Å². The maximum absolute atomic E-state index is 12.2. The van der Waals surface area contributed by atoms with Crippen molar-refractivity contribution in [1.29, 1.82) is 0 Å². The second kappa shape index (κ2) is 6.66. The standard InChI is InChI=1S/C18H17NO2/c1-13-6-3-4-7-15(13)10-11-18(21)16-8-5-9-17(12-16)19-14(2)20/h3-12H,1-2H3,(H,19,20)/b11-10+. The van der Waals surface area contributed by atoms with Gasteiger partial charge in [0.25, 0.3) is 0 Å². The summed E-state index contributed by atoms with van der Waals surface area (Å²) in [6, 6.07) is 14.8. The molecule has 21 heavy (non-hydrogen) atoms. The van der Waals surface area contributed by atoms with Gasteiger partial charge in [-0.15, -0.1) is 0 Å². The van der Waals surface area contributed by atoms with Gasteiger partial charge >= 0.3 is 0 Å². The van der Waals surface area contributed by atoms with E-state index in [2.05, 4.69) is 5.32 Å². The first-order valence-corrected chi connectivity index (χ1v) is 6.72. The lowest BCUT2D eigenvalue weighted by atomic mass is 10.1. The van der Waals surface area contributed by atoms with Gasteiger partial charge in [0, 0.05) is 18.2 Å². The van der Waals surface area contributed by atoms with E-state index in [4.69, 9.17) is 0 Å². The molecule has 0 unspecified atom stereocenters. The number of rotatable bonds is 4. The summed E-state index contributed by atoms with van der Waals surface area (Å²) in [5.41, 5.74) is 3.31. The van der Waals surface area contributed by atoms with Crippen molar-refractivity contribution in [3.8, 4) is 0 Å². The molecule has 0 spiro atoms. The molecule has 2 aromatic carbocycles. The monoisotopic (exact) mass is 279 g/mol. The second-order valence-corrected chi connectivity index (χ2v) is 4.82. The van der Waals surface area contributed by atoms with Crippen LogP contribution in [0.2, 0.25) is 0 Å². The summed E-state index contributed by atoms with van der Waals surface area (Å²) < 4.78 is 0. The predicted molar refractivity (Wildman–Crippen MR) is 85.3 cm³/mol. The third-order valence-corrected chi connectivity index (χ3v) is 3.07. The minimum atomic E-state index is -0.157. The lowest BCUT2D eigenvalue weighted by Crippen LogP contribution is -2.06. The SMILES string of the molecule is CC(=O)Nc1cccc(C(=O)/C=C/c2ccccc2C)c1. The number of carbonyl (C=O) groups excluding carboxylic acids is 2. The zero-order chi connectivity index (χ0) is 15.2. The van der Waals surface area contributed by atoms with E-state index in [1.807, 2.05) is 37.3 Å². The largest absolute Gasteiger partial charge is 0.326 e. The van der Waals surface area contributed by atoms with Crippen molar-refractivity contribution in [1.82, 2.24) is 0 Å².